The molecular formula is C26H42O2. The highest BCUT2D eigenvalue weighted by Gasteiger charge is 2.00. The second kappa shape index (κ2) is 18.8. The Morgan fingerprint density at radius 3 is 1.75 bits per heavy atom. The third-order valence-electron chi connectivity index (χ3n) is 5.15. The molecule has 1 aromatic rings. The molecule has 0 amide bonds. The number of esters is 1. The molecule has 0 saturated heterocycles. The van der Waals surface area contributed by atoms with Crippen molar-refractivity contribution in [1.29, 1.82) is 0 Å². The maximum Gasteiger partial charge on any atom is 0.315 e. The molecule has 0 radical (unpaired) electrons. The van der Waals surface area contributed by atoms with Gasteiger partial charge in [0.25, 0.3) is 0 Å². The molecule has 0 aliphatic heterocycles. The standard InChI is InChI=1S/C26H42O2/c1-2-3-4-5-6-7-8-9-10-11-12-13-14-15-16-17-21-24-26(27)28-25-22-19-18-20-23-25/h17-23H,2-16,24H2,1H3. The Morgan fingerprint density at radius 2 is 1.21 bits per heavy atom. The molecule has 1 aromatic carbocycles. The summed E-state index contributed by atoms with van der Waals surface area (Å²) in [4.78, 5) is 11.7. The van der Waals surface area contributed by atoms with Gasteiger partial charge in [0.05, 0.1) is 6.42 Å². The molecule has 0 spiro atoms. The number of para-hydroxylation sites is 1. The summed E-state index contributed by atoms with van der Waals surface area (Å²) in [5, 5.41) is 0. The van der Waals surface area contributed by atoms with Gasteiger partial charge in [-0.1, -0.05) is 121 Å². The molecule has 0 aromatic heterocycles. The average Bonchev–Trinajstić information content (AvgIpc) is 2.71. The van der Waals surface area contributed by atoms with E-state index < -0.39 is 0 Å². The van der Waals surface area contributed by atoms with E-state index in [4.69, 9.17) is 4.74 Å². The summed E-state index contributed by atoms with van der Waals surface area (Å²) in [7, 11) is 0. The molecule has 0 atom stereocenters. The van der Waals surface area contributed by atoms with Crippen LogP contribution < -0.4 is 4.74 Å². The Balaban J connectivity index is 1.80. The van der Waals surface area contributed by atoms with Crippen LogP contribution in [-0.4, -0.2) is 5.97 Å². The maximum atomic E-state index is 11.7. The van der Waals surface area contributed by atoms with Crippen molar-refractivity contribution >= 4 is 5.97 Å². The molecule has 0 N–H and O–H groups in total. The lowest BCUT2D eigenvalue weighted by Crippen LogP contribution is -2.05. The van der Waals surface area contributed by atoms with E-state index in [1.54, 1.807) is 12.1 Å². The van der Waals surface area contributed by atoms with Gasteiger partial charge in [0.15, 0.2) is 0 Å². The van der Waals surface area contributed by atoms with E-state index in [1.807, 2.05) is 24.3 Å². The van der Waals surface area contributed by atoms with Gasteiger partial charge in [-0.3, -0.25) is 4.79 Å². The lowest BCUT2D eigenvalue weighted by atomic mass is 10.0. The Hall–Kier alpha value is -1.57. The first-order valence-electron chi connectivity index (χ1n) is 11.7. The molecule has 0 saturated carbocycles. The fourth-order valence-electron chi connectivity index (χ4n) is 3.42. The minimum absolute atomic E-state index is 0.191. The molecular weight excluding hydrogens is 344 g/mol. The fourth-order valence-corrected chi connectivity index (χ4v) is 3.42. The van der Waals surface area contributed by atoms with Crippen LogP contribution >= 0.6 is 0 Å². The zero-order valence-corrected chi connectivity index (χ0v) is 18.2. The van der Waals surface area contributed by atoms with Crippen molar-refractivity contribution in [3.8, 4) is 5.75 Å². The summed E-state index contributed by atoms with van der Waals surface area (Å²) in [6, 6.07) is 9.25. The van der Waals surface area contributed by atoms with E-state index in [-0.39, 0.29) is 5.97 Å². The van der Waals surface area contributed by atoms with Gasteiger partial charge >= 0.3 is 5.97 Å². The van der Waals surface area contributed by atoms with Gasteiger partial charge in [-0.25, -0.2) is 0 Å². The molecule has 0 unspecified atom stereocenters. The highest BCUT2D eigenvalue weighted by atomic mass is 16.5. The van der Waals surface area contributed by atoms with Crippen LogP contribution in [0.25, 0.3) is 0 Å². The smallest absolute Gasteiger partial charge is 0.315 e. The number of carbonyl (C=O) groups is 1. The normalized spacial score (nSPS) is 11.2. The van der Waals surface area contributed by atoms with Crippen molar-refractivity contribution < 1.29 is 9.53 Å². The molecule has 0 heterocycles. The van der Waals surface area contributed by atoms with Gasteiger partial charge in [0.2, 0.25) is 0 Å². The maximum absolute atomic E-state index is 11.7. The van der Waals surface area contributed by atoms with Crippen molar-refractivity contribution in [2.45, 2.75) is 110 Å². The van der Waals surface area contributed by atoms with Crippen LogP contribution in [0.3, 0.4) is 0 Å². The molecule has 0 bridgehead atoms. The highest BCUT2D eigenvalue weighted by molar-refractivity contribution is 5.73. The number of unbranched alkanes of at least 4 members (excludes halogenated alkanes) is 14. The predicted octanol–water partition coefficient (Wildman–Crippen LogP) is 8.41. The fraction of sp³-hybridized carbons (Fsp3) is 0.654. The van der Waals surface area contributed by atoms with Crippen LogP contribution in [0.5, 0.6) is 5.75 Å². The van der Waals surface area contributed by atoms with Crippen LogP contribution in [0.15, 0.2) is 42.5 Å². The lowest BCUT2D eigenvalue weighted by Gasteiger charge is -2.03. The van der Waals surface area contributed by atoms with Crippen molar-refractivity contribution in [3.05, 3.63) is 42.5 Å². The van der Waals surface area contributed by atoms with Crippen molar-refractivity contribution in [3.63, 3.8) is 0 Å². The van der Waals surface area contributed by atoms with Crippen molar-refractivity contribution in [2.75, 3.05) is 0 Å². The van der Waals surface area contributed by atoms with Crippen LogP contribution in [0.4, 0.5) is 0 Å². The molecule has 0 fully saturated rings. The van der Waals surface area contributed by atoms with Crippen molar-refractivity contribution in [2.24, 2.45) is 0 Å². The van der Waals surface area contributed by atoms with Crippen LogP contribution in [-0.2, 0) is 4.79 Å². The summed E-state index contributed by atoms with van der Waals surface area (Å²) in [6.07, 6.45) is 24.9. The van der Waals surface area contributed by atoms with Crippen LogP contribution in [0.1, 0.15) is 110 Å². The summed E-state index contributed by atoms with van der Waals surface area (Å²) in [5.74, 6) is 0.427. The number of benzene rings is 1. The van der Waals surface area contributed by atoms with Gasteiger partial charge in [-0.2, -0.15) is 0 Å². The van der Waals surface area contributed by atoms with Gasteiger partial charge < -0.3 is 4.74 Å². The summed E-state index contributed by atoms with van der Waals surface area (Å²) in [6.45, 7) is 2.28. The van der Waals surface area contributed by atoms with E-state index in [2.05, 4.69) is 13.0 Å². The Bertz CT molecular complexity index is 492. The largest absolute Gasteiger partial charge is 0.426 e. The third-order valence-corrected chi connectivity index (χ3v) is 5.15. The van der Waals surface area contributed by atoms with Gasteiger partial charge in [0.1, 0.15) is 5.75 Å². The van der Waals surface area contributed by atoms with E-state index >= 15 is 0 Å². The van der Waals surface area contributed by atoms with E-state index in [0.717, 1.165) is 6.42 Å². The zero-order valence-electron chi connectivity index (χ0n) is 18.2. The SMILES string of the molecule is CCCCCCCCCCCCCCCCC=CCC(=O)Oc1ccccc1. The quantitative estimate of drug-likeness (QED) is 0.109. The van der Waals surface area contributed by atoms with E-state index in [9.17, 15) is 4.79 Å². The number of rotatable bonds is 18. The average molecular weight is 387 g/mol. The molecule has 1 rings (SSSR count). The Labute approximate surface area is 173 Å². The van der Waals surface area contributed by atoms with E-state index in [1.165, 1.54) is 89.9 Å². The number of hydrogen-bond donors (Lipinski definition) is 0. The first kappa shape index (κ1) is 24.5. The number of carbonyl (C=O) groups excluding carboxylic acids is 1. The first-order valence-corrected chi connectivity index (χ1v) is 11.7. The molecule has 2 heteroatoms. The third kappa shape index (κ3) is 15.5. The predicted molar refractivity (Wildman–Crippen MR) is 121 cm³/mol. The summed E-state index contributed by atoms with van der Waals surface area (Å²) < 4.78 is 5.25. The van der Waals surface area contributed by atoms with Crippen LogP contribution in [0, 0.1) is 0 Å². The monoisotopic (exact) mass is 386 g/mol. The second-order valence-corrected chi connectivity index (χ2v) is 7.85. The molecule has 0 aliphatic rings. The topological polar surface area (TPSA) is 26.3 Å². The highest BCUT2D eigenvalue weighted by Crippen LogP contribution is 2.13. The van der Waals surface area contributed by atoms with E-state index in [0.29, 0.717) is 12.2 Å². The Morgan fingerprint density at radius 1 is 0.714 bits per heavy atom. The molecule has 0 aliphatic carbocycles. The van der Waals surface area contributed by atoms with Crippen LogP contribution in [0.2, 0.25) is 0 Å². The summed E-state index contributed by atoms with van der Waals surface area (Å²) >= 11 is 0. The number of hydrogen-bond acceptors (Lipinski definition) is 2. The van der Waals surface area contributed by atoms with Crippen molar-refractivity contribution in [1.82, 2.24) is 0 Å². The second-order valence-electron chi connectivity index (χ2n) is 7.85. The zero-order chi connectivity index (χ0) is 20.1. The van der Waals surface area contributed by atoms with Gasteiger partial charge in [-0.15, -0.1) is 0 Å². The minimum atomic E-state index is -0.191. The number of allylic oxidation sites excluding steroid dienone is 1. The molecule has 2 nitrogen and oxygen atoms in total. The lowest BCUT2D eigenvalue weighted by molar-refractivity contribution is -0.133. The summed E-state index contributed by atoms with van der Waals surface area (Å²) in [5.41, 5.74) is 0. The molecule has 28 heavy (non-hydrogen) atoms. The Kier molecular flexibility index (Phi) is 16.4. The number of ether oxygens (including phenoxy) is 1. The minimum Gasteiger partial charge on any atom is -0.426 e. The molecule has 158 valence electrons. The van der Waals surface area contributed by atoms with Gasteiger partial charge in [-0.05, 0) is 25.0 Å². The first-order chi connectivity index (χ1) is 13.8. The van der Waals surface area contributed by atoms with Gasteiger partial charge in [0, 0.05) is 0 Å².